The molecule has 0 spiro atoms. The number of halogens is 1. The molecule has 1 aromatic rings. The Hall–Kier alpha value is -1.34. The average molecular weight is 268 g/mol. The third-order valence-electron chi connectivity index (χ3n) is 1.85. The fourth-order valence-corrected chi connectivity index (χ4v) is 1.34. The van der Waals surface area contributed by atoms with Crippen LogP contribution in [-0.2, 0) is 4.79 Å². The lowest BCUT2D eigenvalue weighted by Gasteiger charge is -2.06. The molecule has 4 heteroatoms. The lowest BCUT2D eigenvalue weighted by molar-refractivity contribution is -0.120. The first-order valence-electron chi connectivity index (χ1n) is 4.51. The Bertz CT molecular complexity index is 410. The standard InChI is InChI=1S/C11H10BrNO2/c1-2-10(14)7-15-11-4-3-9(12)5-8(11)6-13/h3-5H,2,7H2,1H3. The van der Waals surface area contributed by atoms with E-state index in [1.165, 1.54) is 0 Å². The van der Waals surface area contributed by atoms with Crippen molar-refractivity contribution >= 4 is 21.7 Å². The summed E-state index contributed by atoms with van der Waals surface area (Å²) in [5, 5.41) is 8.83. The van der Waals surface area contributed by atoms with Crippen molar-refractivity contribution in [1.29, 1.82) is 5.26 Å². The fourth-order valence-electron chi connectivity index (χ4n) is 0.976. The Morgan fingerprint density at radius 3 is 2.93 bits per heavy atom. The van der Waals surface area contributed by atoms with Crippen LogP contribution in [0.1, 0.15) is 18.9 Å². The van der Waals surface area contributed by atoms with Crippen LogP contribution in [-0.4, -0.2) is 12.4 Å². The summed E-state index contributed by atoms with van der Waals surface area (Å²) in [5.41, 5.74) is 0.424. The van der Waals surface area contributed by atoms with Crippen LogP contribution in [0.15, 0.2) is 22.7 Å². The molecule has 1 aromatic carbocycles. The van der Waals surface area contributed by atoms with Gasteiger partial charge in [-0.25, -0.2) is 0 Å². The Labute approximate surface area is 96.8 Å². The first-order chi connectivity index (χ1) is 7.17. The van der Waals surface area contributed by atoms with E-state index >= 15 is 0 Å². The molecule has 0 atom stereocenters. The average Bonchev–Trinajstić information content (AvgIpc) is 2.26. The van der Waals surface area contributed by atoms with Crippen LogP contribution in [0.4, 0.5) is 0 Å². The molecule has 1 rings (SSSR count). The highest BCUT2D eigenvalue weighted by Gasteiger charge is 2.05. The van der Waals surface area contributed by atoms with E-state index in [0.717, 1.165) is 4.47 Å². The lowest BCUT2D eigenvalue weighted by atomic mass is 10.2. The smallest absolute Gasteiger partial charge is 0.169 e. The predicted octanol–water partition coefficient (Wildman–Crippen LogP) is 2.68. The van der Waals surface area contributed by atoms with Crippen molar-refractivity contribution in [2.24, 2.45) is 0 Å². The molecule has 0 N–H and O–H groups in total. The first-order valence-corrected chi connectivity index (χ1v) is 5.30. The number of nitriles is 1. The molecular weight excluding hydrogens is 258 g/mol. The van der Waals surface area contributed by atoms with Gasteiger partial charge in [0.1, 0.15) is 18.4 Å². The molecule has 0 fully saturated rings. The van der Waals surface area contributed by atoms with Gasteiger partial charge in [0, 0.05) is 10.9 Å². The van der Waals surface area contributed by atoms with Crippen LogP contribution < -0.4 is 4.74 Å². The number of ether oxygens (including phenoxy) is 1. The van der Waals surface area contributed by atoms with Crippen LogP contribution in [0, 0.1) is 11.3 Å². The molecule has 78 valence electrons. The number of hydrogen-bond acceptors (Lipinski definition) is 3. The van der Waals surface area contributed by atoms with E-state index < -0.39 is 0 Å². The van der Waals surface area contributed by atoms with Gasteiger partial charge < -0.3 is 4.74 Å². The second kappa shape index (κ2) is 5.52. The molecule has 0 aromatic heterocycles. The van der Waals surface area contributed by atoms with E-state index in [-0.39, 0.29) is 12.4 Å². The third-order valence-corrected chi connectivity index (χ3v) is 2.34. The van der Waals surface area contributed by atoms with Crippen molar-refractivity contribution < 1.29 is 9.53 Å². The van der Waals surface area contributed by atoms with Crippen molar-refractivity contribution in [3.8, 4) is 11.8 Å². The van der Waals surface area contributed by atoms with Crippen molar-refractivity contribution in [3.05, 3.63) is 28.2 Å². The minimum absolute atomic E-state index is 0.0156. The van der Waals surface area contributed by atoms with Crippen LogP contribution in [0.2, 0.25) is 0 Å². The second-order valence-electron chi connectivity index (χ2n) is 2.93. The predicted molar refractivity (Wildman–Crippen MR) is 59.7 cm³/mol. The summed E-state index contributed by atoms with van der Waals surface area (Å²) in [6.07, 6.45) is 0.443. The SMILES string of the molecule is CCC(=O)COc1ccc(Br)cc1C#N. The van der Waals surface area contributed by atoms with E-state index in [1.807, 2.05) is 6.07 Å². The number of carbonyl (C=O) groups is 1. The second-order valence-corrected chi connectivity index (χ2v) is 3.85. The van der Waals surface area contributed by atoms with Gasteiger partial charge >= 0.3 is 0 Å². The van der Waals surface area contributed by atoms with Crippen LogP contribution in [0.5, 0.6) is 5.75 Å². The molecule has 0 aliphatic heterocycles. The number of hydrogen-bond donors (Lipinski definition) is 0. The Morgan fingerprint density at radius 1 is 1.60 bits per heavy atom. The van der Waals surface area contributed by atoms with Gasteiger partial charge in [-0.15, -0.1) is 0 Å². The minimum atomic E-state index is 0.0156. The summed E-state index contributed by atoms with van der Waals surface area (Å²) in [7, 11) is 0. The van der Waals surface area contributed by atoms with Crippen LogP contribution in [0.3, 0.4) is 0 Å². The third kappa shape index (κ3) is 3.37. The summed E-state index contributed by atoms with van der Waals surface area (Å²) in [6.45, 7) is 1.80. The quantitative estimate of drug-likeness (QED) is 0.843. The minimum Gasteiger partial charge on any atom is -0.484 e. The number of rotatable bonds is 4. The number of carbonyl (C=O) groups excluding carboxylic acids is 1. The van der Waals surface area contributed by atoms with Gasteiger partial charge in [0.05, 0.1) is 5.56 Å². The Balaban J connectivity index is 2.77. The Kier molecular flexibility index (Phi) is 4.32. The van der Waals surface area contributed by atoms with Gasteiger partial charge in [0.2, 0.25) is 0 Å². The first kappa shape index (κ1) is 11.7. The van der Waals surface area contributed by atoms with Crippen LogP contribution in [0.25, 0.3) is 0 Å². The van der Waals surface area contributed by atoms with Crippen molar-refractivity contribution in [2.75, 3.05) is 6.61 Å². The summed E-state index contributed by atoms with van der Waals surface area (Å²) in [5.74, 6) is 0.462. The topological polar surface area (TPSA) is 50.1 Å². The fraction of sp³-hybridized carbons (Fsp3) is 0.273. The van der Waals surface area contributed by atoms with Crippen molar-refractivity contribution in [1.82, 2.24) is 0 Å². The number of ketones is 1. The monoisotopic (exact) mass is 267 g/mol. The van der Waals surface area contributed by atoms with Crippen molar-refractivity contribution in [2.45, 2.75) is 13.3 Å². The maximum absolute atomic E-state index is 11.0. The Morgan fingerprint density at radius 2 is 2.33 bits per heavy atom. The maximum Gasteiger partial charge on any atom is 0.169 e. The zero-order valence-corrected chi connectivity index (χ0v) is 9.87. The molecule has 3 nitrogen and oxygen atoms in total. The molecule has 0 saturated heterocycles. The van der Waals surface area contributed by atoms with E-state index in [2.05, 4.69) is 15.9 Å². The van der Waals surface area contributed by atoms with Gasteiger partial charge in [-0.05, 0) is 18.2 Å². The van der Waals surface area contributed by atoms with Gasteiger partial charge in [-0.2, -0.15) is 5.26 Å². The summed E-state index contributed by atoms with van der Waals surface area (Å²) >= 11 is 3.26. The molecule has 0 saturated carbocycles. The van der Waals surface area contributed by atoms with E-state index in [1.54, 1.807) is 25.1 Å². The van der Waals surface area contributed by atoms with Gasteiger partial charge in [-0.1, -0.05) is 22.9 Å². The highest BCUT2D eigenvalue weighted by molar-refractivity contribution is 9.10. The van der Waals surface area contributed by atoms with Gasteiger partial charge in [-0.3, -0.25) is 4.79 Å². The van der Waals surface area contributed by atoms with E-state index in [0.29, 0.717) is 17.7 Å². The number of nitrogens with zero attached hydrogens (tertiary/aromatic N) is 1. The largest absolute Gasteiger partial charge is 0.484 e. The molecule has 0 aliphatic carbocycles. The van der Waals surface area contributed by atoms with E-state index in [9.17, 15) is 4.79 Å². The summed E-state index contributed by atoms with van der Waals surface area (Å²) < 4.78 is 6.06. The number of benzene rings is 1. The lowest BCUT2D eigenvalue weighted by Crippen LogP contribution is -2.10. The van der Waals surface area contributed by atoms with E-state index in [4.69, 9.17) is 10.00 Å². The van der Waals surface area contributed by atoms with Crippen molar-refractivity contribution in [3.63, 3.8) is 0 Å². The normalized spacial score (nSPS) is 9.40. The summed E-state index contributed by atoms with van der Waals surface area (Å²) in [4.78, 5) is 11.0. The van der Waals surface area contributed by atoms with Gasteiger partial charge in [0.25, 0.3) is 0 Å². The highest BCUT2D eigenvalue weighted by Crippen LogP contribution is 2.22. The molecule has 15 heavy (non-hydrogen) atoms. The molecule has 0 bridgehead atoms. The molecule has 0 unspecified atom stereocenters. The molecule has 0 aliphatic rings. The number of Topliss-reactive ketones (excluding diaryl/α,β-unsaturated/α-hetero) is 1. The maximum atomic E-state index is 11.0. The van der Waals surface area contributed by atoms with Gasteiger partial charge in [0.15, 0.2) is 5.78 Å². The zero-order valence-electron chi connectivity index (χ0n) is 8.29. The zero-order chi connectivity index (χ0) is 11.3. The molecular formula is C11H10BrNO2. The molecule has 0 radical (unpaired) electrons. The molecule has 0 heterocycles. The van der Waals surface area contributed by atoms with Crippen LogP contribution >= 0.6 is 15.9 Å². The molecule has 0 amide bonds. The summed E-state index contributed by atoms with van der Waals surface area (Å²) in [6, 6.07) is 7.11. The highest BCUT2D eigenvalue weighted by atomic mass is 79.9.